The summed E-state index contributed by atoms with van der Waals surface area (Å²) in [5.74, 6) is 0.738. The van der Waals surface area contributed by atoms with Crippen LogP contribution in [0.2, 0.25) is 0 Å². The SMILES string of the molecule is CC1=C[N]N=C1C1CCC1. The van der Waals surface area contributed by atoms with Crippen LogP contribution < -0.4 is 5.43 Å². The Morgan fingerprint density at radius 3 is 2.70 bits per heavy atom. The van der Waals surface area contributed by atoms with Crippen molar-refractivity contribution in [3.05, 3.63) is 11.8 Å². The second kappa shape index (κ2) is 2.11. The van der Waals surface area contributed by atoms with Crippen LogP contribution in [0.15, 0.2) is 16.9 Å². The van der Waals surface area contributed by atoms with E-state index in [2.05, 4.69) is 17.5 Å². The lowest BCUT2D eigenvalue weighted by Gasteiger charge is -2.25. The highest BCUT2D eigenvalue weighted by atomic mass is 15.3. The first-order valence-corrected chi connectivity index (χ1v) is 3.83. The fourth-order valence-electron chi connectivity index (χ4n) is 1.41. The summed E-state index contributed by atoms with van der Waals surface area (Å²) < 4.78 is 0. The van der Waals surface area contributed by atoms with Gasteiger partial charge >= 0.3 is 0 Å². The highest BCUT2D eigenvalue weighted by Crippen LogP contribution is 2.31. The van der Waals surface area contributed by atoms with Crippen LogP contribution in [0.25, 0.3) is 0 Å². The van der Waals surface area contributed by atoms with E-state index >= 15 is 0 Å². The Kier molecular flexibility index (Phi) is 1.26. The van der Waals surface area contributed by atoms with Gasteiger partial charge in [0, 0.05) is 5.92 Å². The summed E-state index contributed by atoms with van der Waals surface area (Å²) in [7, 11) is 0. The molecule has 0 aromatic carbocycles. The standard InChI is InChI=1S/C8H11N2/c1-6-5-9-10-8(6)7-3-2-4-7/h5,7H,2-4H2,1H3. The van der Waals surface area contributed by atoms with Crippen LogP contribution in [-0.2, 0) is 0 Å². The monoisotopic (exact) mass is 135 g/mol. The van der Waals surface area contributed by atoms with Gasteiger partial charge < -0.3 is 0 Å². The number of nitrogens with zero attached hydrogens (tertiary/aromatic N) is 2. The molecule has 0 N–H and O–H groups in total. The van der Waals surface area contributed by atoms with Crippen molar-refractivity contribution < 1.29 is 0 Å². The predicted molar refractivity (Wildman–Crippen MR) is 40.7 cm³/mol. The predicted octanol–water partition coefficient (Wildman–Crippen LogP) is 1.66. The molecule has 1 saturated carbocycles. The normalized spacial score (nSPS) is 24.9. The molecule has 53 valence electrons. The van der Waals surface area contributed by atoms with E-state index in [-0.39, 0.29) is 0 Å². The minimum atomic E-state index is 0.738. The summed E-state index contributed by atoms with van der Waals surface area (Å²) in [6.07, 6.45) is 5.86. The van der Waals surface area contributed by atoms with Crippen molar-refractivity contribution in [1.82, 2.24) is 5.43 Å². The summed E-state index contributed by atoms with van der Waals surface area (Å²) in [5, 5.41) is 4.09. The molecule has 1 heterocycles. The quantitative estimate of drug-likeness (QED) is 0.523. The third-order valence-corrected chi connectivity index (χ3v) is 2.31. The molecule has 0 amide bonds. The van der Waals surface area contributed by atoms with Gasteiger partial charge in [-0.05, 0) is 25.3 Å². The van der Waals surface area contributed by atoms with Gasteiger partial charge in [-0.25, -0.2) is 0 Å². The van der Waals surface area contributed by atoms with Crippen molar-refractivity contribution in [2.24, 2.45) is 11.0 Å². The van der Waals surface area contributed by atoms with Gasteiger partial charge in [0.05, 0.1) is 11.9 Å². The van der Waals surface area contributed by atoms with E-state index in [1.165, 1.54) is 30.5 Å². The Labute approximate surface area is 61.0 Å². The van der Waals surface area contributed by atoms with E-state index in [0.717, 1.165) is 5.92 Å². The minimum absolute atomic E-state index is 0.738. The molecule has 10 heavy (non-hydrogen) atoms. The average molecular weight is 135 g/mol. The molecule has 2 rings (SSSR count). The molecule has 2 aliphatic rings. The van der Waals surface area contributed by atoms with E-state index in [1.807, 2.05) is 6.20 Å². The lowest BCUT2D eigenvalue weighted by molar-refractivity contribution is 0.413. The molecule has 2 heteroatoms. The van der Waals surface area contributed by atoms with Crippen LogP contribution >= 0.6 is 0 Å². The molecule has 0 saturated heterocycles. The van der Waals surface area contributed by atoms with E-state index in [1.54, 1.807) is 0 Å². The molecule has 0 bridgehead atoms. The fraction of sp³-hybridized carbons (Fsp3) is 0.625. The summed E-state index contributed by atoms with van der Waals surface area (Å²) in [4.78, 5) is 0. The molecule has 0 spiro atoms. The van der Waals surface area contributed by atoms with Gasteiger partial charge in [-0.2, -0.15) is 10.5 Å². The molecular weight excluding hydrogens is 124 g/mol. The highest BCUT2D eigenvalue weighted by Gasteiger charge is 2.26. The van der Waals surface area contributed by atoms with E-state index < -0.39 is 0 Å². The summed E-state index contributed by atoms with van der Waals surface area (Å²) in [6.45, 7) is 2.09. The summed E-state index contributed by atoms with van der Waals surface area (Å²) >= 11 is 0. The molecule has 1 fully saturated rings. The number of rotatable bonds is 1. The van der Waals surface area contributed by atoms with Crippen LogP contribution in [0.4, 0.5) is 0 Å². The molecule has 1 radical (unpaired) electrons. The Balaban J connectivity index is 2.10. The van der Waals surface area contributed by atoms with Crippen molar-refractivity contribution in [2.75, 3.05) is 0 Å². The molecule has 0 aromatic rings. The minimum Gasteiger partial charge on any atom is -0.159 e. The zero-order chi connectivity index (χ0) is 6.97. The van der Waals surface area contributed by atoms with Crippen molar-refractivity contribution in [2.45, 2.75) is 26.2 Å². The first kappa shape index (κ1) is 5.96. The lowest BCUT2D eigenvalue weighted by Crippen LogP contribution is -2.21. The number of hydrogen-bond acceptors (Lipinski definition) is 1. The Morgan fingerprint density at radius 1 is 1.50 bits per heavy atom. The maximum Gasteiger partial charge on any atom is 0.0706 e. The van der Waals surface area contributed by atoms with Gasteiger partial charge in [0.15, 0.2) is 0 Å². The van der Waals surface area contributed by atoms with Crippen LogP contribution in [0.1, 0.15) is 26.2 Å². The lowest BCUT2D eigenvalue weighted by atomic mass is 9.80. The second-order valence-corrected chi connectivity index (χ2v) is 3.04. The van der Waals surface area contributed by atoms with Gasteiger partial charge in [0.25, 0.3) is 0 Å². The zero-order valence-electron chi connectivity index (χ0n) is 6.17. The highest BCUT2D eigenvalue weighted by molar-refractivity contribution is 6.02. The molecule has 1 aliphatic heterocycles. The molecular formula is C8H11N2. The molecule has 1 aliphatic carbocycles. The summed E-state index contributed by atoms with van der Waals surface area (Å²) in [5.41, 5.74) is 6.38. The van der Waals surface area contributed by atoms with Crippen LogP contribution in [0.5, 0.6) is 0 Å². The van der Waals surface area contributed by atoms with Crippen molar-refractivity contribution in [3.63, 3.8) is 0 Å². The van der Waals surface area contributed by atoms with Crippen LogP contribution in [0, 0.1) is 5.92 Å². The van der Waals surface area contributed by atoms with Crippen LogP contribution in [-0.4, -0.2) is 5.71 Å². The number of allylic oxidation sites excluding steroid dienone is 1. The van der Waals surface area contributed by atoms with Gasteiger partial charge in [0.2, 0.25) is 0 Å². The van der Waals surface area contributed by atoms with Gasteiger partial charge in [-0.3, -0.25) is 0 Å². The largest absolute Gasteiger partial charge is 0.159 e. The first-order chi connectivity index (χ1) is 4.88. The van der Waals surface area contributed by atoms with Crippen molar-refractivity contribution in [1.29, 1.82) is 0 Å². The second-order valence-electron chi connectivity index (χ2n) is 3.04. The van der Waals surface area contributed by atoms with Gasteiger partial charge in [0.1, 0.15) is 0 Å². The van der Waals surface area contributed by atoms with E-state index in [0.29, 0.717) is 0 Å². The summed E-state index contributed by atoms with van der Waals surface area (Å²) in [6, 6.07) is 0. The van der Waals surface area contributed by atoms with E-state index in [4.69, 9.17) is 0 Å². The Morgan fingerprint density at radius 2 is 2.30 bits per heavy atom. The Bertz CT molecular complexity index is 199. The topological polar surface area (TPSA) is 26.5 Å². The molecule has 2 nitrogen and oxygen atoms in total. The van der Waals surface area contributed by atoms with Gasteiger partial charge in [-0.1, -0.05) is 6.42 Å². The smallest absolute Gasteiger partial charge is 0.0706 e. The third kappa shape index (κ3) is 0.753. The first-order valence-electron chi connectivity index (χ1n) is 3.83. The molecule has 0 atom stereocenters. The molecule has 0 unspecified atom stereocenters. The van der Waals surface area contributed by atoms with E-state index in [9.17, 15) is 0 Å². The van der Waals surface area contributed by atoms with Gasteiger partial charge in [-0.15, -0.1) is 0 Å². The maximum atomic E-state index is 4.09. The fourth-order valence-corrected chi connectivity index (χ4v) is 1.41. The zero-order valence-corrected chi connectivity index (χ0v) is 6.17. The van der Waals surface area contributed by atoms with Crippen molar-refractivity contribution in [3.8, 4) is 0 Å². The third-order valence-electron chi connectivity index (χ3n) is 2.31. The maximum absolute atomic E-state index is 4.09. The Hall–Kier alpha value is -0.790. The van der Waals surface area contributed by atoms with Crippen molar-refractivity contribution >= 4 is 5.71 Å². The number of hydrogen-bond donors (Lipinski definition) is 0. The van der Waals surface area contributed by atoms with Crippen LogP contribution in [0.3, 0.4) is 0 Å². The molecule has 0 aromatic heterocycles. The average Bonchev–Trinajstić information content (AvgIpc) is 2.12.